The zero-order chi connectivity index (χ0) is 19.9. The van der Waals surface area contributed by atoms with Crippen LogP contribution in [-0.2, 0) is 9.53 Å². The molecule has 28 heavy (non-hydrogen) atoms. The molecule has 1 aromatic carbocycles. The van der Waals surface area contributed by atoms with E-state index in [4.69, 9.17) is 4.74 Å². The fourth-order valence-electron chi connectivity index (χ4n) is 3.43. The Bertz CT molecular complexity index is 683. The number of ether oxygens (including phenoxy) is 1. The molecule has 2 saturated heterocycles. The molecule has 1 amide bonds. The Labute approximate surface area is 166 Å². The molecule has 0 saturated carbocycles. The van der Waals surface area contributed by atoms with Crippen LogP contribution < -0.4 is 10.2 Å². The summed E-state index contributed by atoms with van der Waals surface area (Å²) in [6, 6.07) is 6.86. The van der Waals surface area contributed by atoms with Crippen LogP contribution in [0.3, 0.4) is 0 Å². The number of para-hydroxylation sites is 1. The lowest BCUT2D eigenvalue weighted by Crippen LogP contribution is -2.53. The van der Waals surface area contributed by atoms with E-state index >= 15 is 0 Å². The molecule has 0 spiro atoms. The van der Waals surface area contributed by atoms with Gasteiger partial charge in [-0.2, -0.15) is 0 Å². The Hall–Kier alpha value is -2.35. The van der Waals surface area contributed by atoms with Gasteiger partial charge in [-0.05, 0) is 25.0 Å². The molecule has 2 aliphatic heterocycles. The first kappa shape index (κ1) is 20.4. The van der Waals surface area contributed by atoms with E-state index in [0.29, 0.717) is 38.4 Å². The van der Waals surface area contributed by atoms with Crippen LogP contribution in [0.25, 0.3) is 0 Å². The van der Waals surface area contributed by atoms with Crippen molar-refractivity contribution < 1.29 is 13.9 Å². The molecule has 1 atom stereocenters. The number of anilines is 1. The summed E-state index contributed by atoms with van der Waals surface area (Å²) in [5.74, 6) is 0.484. The molecule has 154 valence electrons. The molecule has 2 fully saturated rings. The summed E-state index contributed by atoms with van der Waals surface area (Å²) >= 11 is 0. The monoisotopic (exact) mass is 391 g/mol. The molecule has 0 radical (unpaired) electrons. The van der Waals surface area contributed by atoms with E-state index in [0.717, 1.165) is 25.4 Å². The SMILES string of the molecule is CN(C)C(=O)CN=C(NCC1CCCO1)N1CCN(c2ccccc2F)CC1. The number of halogens is 1. The van der Waals surface area contributed by atoms with Crippen molar-refractivity contribution in [3.05, 3.63) is 30.1 Å². The average molecular weight is 391 g/mol. The number of nitrogens with one attached hydrogen (secondary N) is 1. The van der Waals surface area contributed by atoms with Crippen molar-refractivity contribution in [2.45, 2.75) is 18.9 Å². The second kappa shape index (κ2) is 9.73. The quantitative estimate of drug-likeness (QED) is 0.603. The van der Waals surface area contributed by atoms with Crippen LogP contribution in [0.15, 0.2) is 29.3 Å². The van der Waals surface area contributed by atoms with E-state index < -0.39 is 0 Å². The molecule has 1 aromatic rings. The van der Waals surface area contributed by atoms with Gasteiger partial charge in [0.25, 0.3) is 0 Å². The highest BCUT2D eigenvalue weighted by atomic mass is 19.1. The number of rotatable bonds is 5. The molecule has 1 N–H and O–H groups in total. The number of likely N-dealkylation sites (N-methyl/N-ethyl adjacent to an activating group) is 1. The minimum absolute atomic E-state index is 0.0404. The van der Waals surface area contributed by atoms with Crippen LogP contribution in [0.2, 0.25) is 0 Å². The van der Waals surface area contributed by atoms with Gasteiger partial charge in [0.1, 0.15) is 12.4 Å². The van der Waals surface area contributed by atoms with Crippen LogP contribution in [-0.4, -0.2) is 87.7 Å². The number of hydrogen-bond acceptors (Lipinski definition) is 4. The number of benzene rings is 1. The normalized spacial score (nSPS) is 20.4. The number of carbonyl (C=O) groups is 1. The fourth-order valence-corrected chi connectivity index (χ4v) is 3.43. The third kappa shape index (κ3) is 5.34. The van der Waals surface area contributed by atoms with Gasteiger partial charge < -0.3 is 24.8 Å². The van der Waals surface area contributed by atoms with Crippen molar-refractivity contribution in [3.63, 3.8) is 0 Å². The number of nitrogens with zero attached hydrogens (tertiary/aromatic N) is 4. The molecule has 8 heteroatoms. The van der Waals surface area contributed by atoms with Crippen molar-refractivity contribution in [3.8, 4) is 0 Å². The molecular formula is C20H30FN5O2. The molecule has 2 aliphatic rings. The summed E-state index contributed by atoms with van der Waals surface area (Å²) in [6.45, 7) is 4.41. The summed E-state index contributed by atoms with van der Waals surface area (Å²) in [5.41, 5.74) is 0.635. The smallest absolute Gasteiger partial charge is 0.243 e. The van der Waals surface area contributed by atoms with E-state index in [2.05, 4.69) is 20.1 Å². The van der Waals surface area contributed by atoms with Crippen LogP contribution in [0.1, 0.15) is 12.8 Å². The fraction of sp³-hybridized carbons (Fsp3) is 0.600. The standard InChI is InChI=1S/C20H30FN5O2/c1-24(2)19(27)15-23-20(22-14-16-6-5-13-28-16)26-11-9-25(10-12-26)18-8-4-3-7-17(18)21/h3-4,7-8,16H,5-6,9-15H2,1-2H3,(H,22,23). The van der Waals surface area contributed by atoms with Crippen molar-refractivity contribution in [1.29, 1.82) is 0 Å². The maximum absolute atomic E-state index is 14.1. The first-order chi connectivity index (χ1) is 13.5. The van der Waals surface area contributed by atoms with E-state index in [1.807, 2.05) is 12.1 Å². The number of guanidine groups is 1. The third-order valence-electron chi connectivity index (χ3n) is 5.15. The molecule has 0 bridgehead atoms. The van der Waals surface area contributed by atoms with Gasteiger partial charge in [-0.1, -0.05) is 12.1 Å². The second-order valence-corrected chi connectivity index (χ2v) is 7.37. The maximum Gasteiger partial charge on any atom is 0.243 e. The van der Waals surface area contributed by atoms with Crippen LogP contribution in [0.5, 0.6) is 0 Å². The minimum Gasteiger partial charge on any atom is -0.376 e. The van der Waals surface area contributed by atoms with Gasteiger partial charge in [-0.25, -0.2) is 9.38 Å². The van der Waals surface area contributed by atoms with Gasteiger partial charge in [0.15, 0.2) is 5.96 Å². The molecule has 1 unspecified atom stereocenters. The van der Waals surface area contributed by atoms with Crippen LogP contribution in [0, 0.1) is 5.82 Å². The Morgan fingerprint density at radius 3 is 2.68 bits per heavy atom. The van der Waals surface area contributed by atoms with Crippen molar-refractivity contribution in [2.75, 3.05) is 64.9 Å². The van der Waals surface area contributed by atoms with Gasteiger partial charge >= 0.3 is 0 Å². The van der Waals surface area contributed by atoms with Gasteiger partial charge in [0.05, 0.1) is 11.8 Å². The summed E-state index contributed by atoms with van der Waals surface area (Å²) in [5, 5.41) is 3.38. The minimum atomic E-state index is -0.196. The summed E-state index contributed by atoms with van der Waals surface area (Å²) in [6.07, 6.45) is 2.31. The molecule has 3 rings (SSSR count). The van der Waals surface area contributed by atoms with Crippen molar-refractivity contribution >= 4 is 17.6 Å². The number of aliphatic imine (C=N–C) groups is 1. The van der Waals surface area contributed by atoms with E-state index in [1.54, 1.807) is 20.2 Å². The molecule has 2 heterocycles. The first-order valence-corrected chi connectivity index (χ1v) is 9.89. The molecule has 0 aliphatic carbocycles. The van der Waals surface area contributed by atoms with Crippen molar-refractivity contribution in [2.24, 2.45) is 4.99 Å². The highest BCUT2D eigenvalue weighted by molar-refractivity contribution is 5.85. The Morgan fingerprint density at radius 2 is 2.04 bits per heavy atom. The molecule has 7 nitrogen and oxygen atoms in total. The topological polar surface area (TPSA) is 60.4 Å². The predicted octanol–water partition coefficient (Wildman–Crippen LogP) is 1.16. The van der Waals surface area contributed by atoms with E-state index in [1.165, 1.54) is 11.0 Å². The average Bonchev–Trinajstić information content (AvgIpc) is 3.22. The van der Waals surface area contributed by atoms with E-state index in [9.17, 15) is 9.18 Å². The highest BCUT2D eigenvalue weighted by Gasteiger charge is 2.23. The summed E-state index contributed by atoms with van der Waals surface area (Å²) < 4.78 is 19.7. The van der Waals surface area contributed by atoms with Crippen molar-refractivity contribution in [1.82, 2.24) is 15.1 Å². The number of amides is 1. The van der Waals surface area contributed by atoms with Gasteiger partial charge in [0, 0.05) is 53.4 Å². The largest absolute Gasteiger partial charge is 0.376 e. The zero-order valence-corrected chi connectivity index (χ0v) is 16.7. The van der Waals surface area contributed by atoms with Gasteiger partial charge in [-0.15, -0.1) is 0 Å². The number of piperazine rings is 1. The zero-order valence-electron chi connectivity index (χ0n) is 16.7. The lowest BCUT2D eigenvalue weighted by atomic mass is 10.2. The van der Waals surface area contributed by atoms with E-state index in [-0.39, 0.29) is 24.4 Å². The molecule has 0 aromatic heterocycles. The van der Waals surface area contributed by atoms with Gasteiger partial charge in [-0.3, -0.25) is 4.79 Å². The van der Waals surface area contributed by atoms with Gasteiger partial charge in [0.2, 0.25) is 5.91 Å². The second-order valence-electron chi connectivity index (χ2n) is 7.37. The maximum atomic E-state index is 14.1. The van der Waals surface area contributed by atoms with Crippen LogP contribution in [0.4, 0.5) is 10.1 Å². The van der Waals surface area contributed by atoms with Crippen LogP contribution >= 0.6 is 0 Å². The predicted molar refractivity (Wildman–Crippen MR) is 108 cm³/mol. The summed E-state index contributed by atoms with van der Waals surface area (Å²) in [4.78, 5) is 22.2. The number of carbonyl (C=O) groups excluding carboxylic acids is 1. The lowest BCUT2D eigenvalue weighted by Gasteiger charge is -2.38. The third-order valence-corrected chi connectivity index (χ3v) is 5.15. The summed E-state index contributed by atoms with van der Waals surface area (Å²) in [7, 11) is 3.45. The highest BCUT2D eigenvalue weighted by Crippen LogP contribution is 2.20. The Balaban J connectivity index is 1.61. The molecular weight excluding hydrogens is 361 g/mol. The Morgan fingerprint density at radius 1 is 1.29 bits per heavy atom. The lowest BCUT2D eigenvalue weighted by molar-refractivity contribution is -0.127. The Kier molecular flexibility index (Phi) is 7.08. The first-order valence-electron chi connectivity index (χ1n) is 9.89. The number of hydrogen-bond donors (Lipinski definition) is 1.